The topological polar surface area (TPSA) is 12.0 Å². The van der Waals surface area contributed by atoms with Crippen LogP contribution in [0.5, 0.6) is 0 Å². The minimum Gasteiger partial charge on any atom is -0.316 e. The average molecular weight is 242 g/mol. The first kappa shape index (κ1) is 16.7. The van der Waals surface area contributed by atoms with Crippen molar-refractivity contribution in [3.63, 3.8) is 0 Å². The summed E-state index contributed by atoms with van der Waals surface area (Å²) in [6, 6.07) is 10.3. The molecule has 0 aliphatic rings. The number of alkyl halides is 3. The molecule has 0 saturated carbocycles. The van der Waals surface area contributed by atoms with Crippen LogP contribution < -0.4 is 5.32 Å². The molecule has 15 heavy (non-hydrogen) atoms. The molecule has 0 radical (unpaired) electrons. The zero-order chi connectivity index (χ0) is 10.8. The van der Waals surface area contributed by atoms with Gasteiger partial charge in [-0.15, -0.1) is 12.4 Å². The molecule has 0 unspecified atom stereocenters. The van der Waals surface area contributed by atoms with E-state index in [0.717, 1.165) is 6.54 Å². The van der Waals surface area contributed by atoms with Crippen molar-refractivity contribution < 1.29 is 13.2 Å². The highest BCUT2D eigenvalue weighted by molar-refractivity contribution is 5.85. The van der Waals surface area contributed by atoms with Crippen LogP contribution >= 0.6 is 12.4 Å². The van der Waals surface area contributed by atoms with Crippen molar-refractivity contribution in [2.24, 2.45) is 0 Å². The molecular formula is C10H15ClF3N. The molecule has 0 spiro atoms. The Morgan fingerprint density at radius 1 is 1.20 bits per heavy atom. The molecule has 1 aromatic rings. The van der Waals surface area contributed by atoms with Crippen LogP contribution in [0.25, 0.3) is 0 Å². The van der Waals surface area contributed by atoms with Gasteiger partial charge in [-0.2, -0.15) is 0 Å². The third kappa shape index (κ3) is 11.2. The Kier molecular flexibility index (Phi) is 12.6. The second-order valence-electron chi connectivity index (χ2n) is 2.56. The van der Waals surface area contributed by atoms with Crippen molar-refractivity contribution in [2.75, 3.05) is 13.7 Å². The summed E-state index contributed by atoms with van der Waals surface area (Å²) in [5.74, 6) is 0. The van der Waals surface area contributed by atoms with E-state index in [1.807, 2.05) is 25.2 Å². The Bertz CT molecular complexity index is 219. The third-order valence-corrected chi connectivity index (χ3v) is 1.34. The molecule has 1 N–H and O–H groups in total. The van der Waals surface area contributed by atoms with Gasteiger partial charge in [0.1, 0.15) is 0 Å². The third-order valence-electron chi connectivity index (χ3n) is 1.34. The molecule has 0 bridgehead atoms. The van der Waals surface area contributed by atoms with E-state index in [9.17, 15) is 13.2 Å². The van der Waals surface area contributed by atoms with E-state index >= 15 is 0 Å². The van der Waals surface area contributed by atoms with Crippen LogP contribution in [0.15, 0.2) is 30.3 Å². The SMILES string of the molecule is CNCc1ccccc1.Cl.FCC(F)F. The fourth-order valence-electron chi connectivity index (χ4n) is 0.800. The standard InChI is InChI=1S/C8H11N.C2H3F3.ClH/c1-9-7-8-5-3-2-4-6-8;3-1-2(4)5;/h2-6,9H,7H2,1H3;2H,1H2;1H. The Labute approximate surface area is 94.1 Å². The van der Waals surface area contributed by atoms with Gasteiger partial charge in [-0.1, -0.05) is 30.3 Å². The van der Waals surface area contributed by atoms with Gasteiger partial charge in [-0.3, -0.25) is 0 Å². The number of hydrogen-bond donors (Lipinski definition) is 1. The lowest BCUT2D eigenvalue weighted by Crippen LogP contribution is -2.04. The highest BCUT2D eigenvalue weighted by Gasteiger charge is 1.95. The van der Waals surface area contributed by atoms with Crippen molar-refractivity contribution in [3.8, 4) is 0 Å². The molecule has 0 aliphatic carbocycles. The van der Waals surface area contributed by atoms with Crippen LogP contribution in [-0.4, -0.2) is 20.1 Å². The van der Waals surface area contributed by atoms with Crippen LogP contribution in [0.2, 0.25) is 0 Å². The first-order chi connectivity index (χ1) is 6.70. The smallest absolute Gasteiger partial charge is 0.266 e. The maximum absolute atomic E-state index is 10.4. The van der Waals surface area contributed by atoms with Crippen LogP contribution in [-0.2, 0) is 6.54 Å². The quantitative estimate of drug-likeness (QED) is 0.858. The van der Waals surface area contributed by atoms with Gasteiger partial charge in [0.05, 0.1) is 0 Å². The largest absolute Gasteiger partial charge is 0.316 e. The predicted octanol–water partition coefficient (Wildman–Crippen LogP) is 3.05. The fraction of sp³-hybridized carbons (Fsp3) is 0.400. The summed E-state index contributed by atoms with van der Waals surface area (Å²) >= 11 is 0. The number of rotatable bonds is 3. The Morgan fingerprint density at radius 3 is 2.00 bits per heavy atom. The molecular weight excluding hydrogens is 227 g/mol. The molecule has 1 nitrogen and oxygen atoms in total. The molecule has 1 aromatic carbocycles. The molecule has 0 saturated heterocycles. The van der Waals surface area contributed by atoms with Gasteiger partial charge in [0.15, 0.2) is 6.67 Å². The Hall–Kier alpha value is -0.740. The van der Waals surface area contributed by atoms with E-state index in [2.05, 4.69) is 17.4 Å². The summed E-state index contributed by atoms with van der Waals surface area (Å²) in [5.41, 5.74) is 1.33. The van der Waals surface area contributed by atoms with Crippen molar-refractivity contribution in [1.82, 2.24) is 5.32 Å². The molecule has 0 fully saturated rings. The second-order valence-corrected chi connectivity index (χ2v) is 2.56. The van der Waals surface area contributed by atoms with Gasteiger partial charge in [-0.05, 0) is 12.6 Å². The van der Waals surface area contributed by atoms with E-state index in [1.54, 1.807) is 0 Å². The van der Waals surface area contributed by atoms with Gasteiger partial charge in [0.2, 0.25) is 0 Å². The van der Waals surface area contributed by atoms with Crippen LogP contribution in [0.3, 0.4) is 0 Å². The first-order valence-electron chi connectivity index (χ1n) is 4.23. The van der Waals surface area contributed by atoms with Gasteiger partial charge in [-0.25, -0.2) is 13.2 Å². The van der Waals surface area contributed by atoms with Crippen molar-refractivity contribution >= 4 is 12.4 Å². The predicted molar refractivity (Wildman–Crippen MR) is 58.4 cm³/mol. The summed E-state index contributed by atoms with van der Waals surface area (Å²) in [6.07, 6.45) is -2.78. The van der Waals surface area contributed by atoms with Gasteiger partial charge >= 0.3 is 0 Å². The number of benzene rings is 1. The van der Waals surface area contributed by atoms with Crippen molar-refractivity contribution in [3.05, 3.63) is 35.9 Å². The first-order valence-corrected chi connectivity index (χ1v) is 4.23. The van der Waals surface area contributed by atoms with E-state index in [0.29, 0.717) is 0 Å². The molecule has 0 aromatic heterocycles. The highest BCUT2D eigenvalue weighted by atomic mass is 35.5. The van der Waals surface area contributed by atoms with E-state index in [1.165, 1.54) is 5.56 Å². The number of halogens is 4. The second kappa shape index (κ2) is 11.3. The van der Waals surface area contributed by atoms with Crippen molar-refractivity contribution in [1.29, 1.82) is 0 Å². The summed E-state index contributed by atoms with van der Waals surface area (Å²) in [5, 5.41) is 3.08. The highest BCUT2D eigenvalue weighted by Crippen LogP contribution is 1.95. The molecule has 0 heterocycles. The average Bonchev–Trinajstić information content (AvgIpc) is 2.21. The minimum absolute atomic E-state index is 0. The van der Waals surface area contributed by atoms with Crippen LogP contribution in [0.1, 0.15) is 5.56 Å². The van der Waals surface area contributed by atoms with Crippen LogP contribution in [0, 0.1) is 0 Å². The lowest BCUT2D eigenvalue weighted by molar-refractivity contribution is 0.113. The molecule has 5 heteroatoms. The molecule has 0 aliphatic heterocycles. The summed E-state index contributed by atoms with van der Waals surface area (Å²) in [6.45, 7) is -0.569. The molecule has 1 rings (SSSR count). The number of hydrogen-bond acceptors (Lipinski definition) is 1. The van der Waals surface area contributed by atoms with Gasteiger partial charge < -0.3 is 5.32 Å². The van der Waals surface area contributed by atoms with E-state index in [-0.39, 0.29) is 12.4 Å². The Morgan fingerprint density at radius 2 is 1.67 bits per heavy atom. The lowest BCUT2D eigenvalue weighted by Gasteiger charge is -1.95. The van der Waals surface area contributed by atoms with Crippen molar-refractivity contribution in [2.45, 2.75) is 13.0 Å². The Balaban J connectivity index is 0. The normalized spacial score (nSPS) is 8.87. The molecule has 88 valence electrons. The summed E-state index contributed by atoms with van der Waals surface area (Å²) < 4.78 is 31.1. The zero-order valence-electron chi connectivity index (χ0n) is 8.42. The maximum atomic E-state index is 10.4. The maximum Gasteiger partial charge on any atom is 0.266 e. The zero-order valence-corrected chi connectivity index (χ0v) is 9.24. The minimum atomic E-state index is -2.78. The fourth-order valence-corrected chi connectivity index (χ4v) is 0.800. The summed E-state index contributed by atoms with van der Waals surface area (Å²) in [7, 11) is 1.95. The van der Waals surface area contributed by atoms with Crippen LogP contribution in [0.4, 0.5) is 13.2 Å². The lowest BCUT2D eigenvalue weighted by atomic mass is 10.2. The van der Waals surface area contributed by atoms with Gasteiger partial charge in [0, 0.05) is 6.54 Å². The van der Waals surface area contributed by atoms with E-state index in [4.69, 9.17) is 0 Å². The summed E-state index contributed by atoms with van der Waals surface area (Å²) in [4.78, 5) is 0. The number of nitrogens with one attached hydrogen (secondary N) is 1. The van der Waals surface area contributed by atoms with Gasteiger partial charge in [0.25, 0.3) is 6.43 Å². The monoisotopic (exact) mass is 241 g/mol. The molecule has 0 amide bonds. The molecule has 0 atom stereocenters. The van der Waals surface area contributed by atoms with E-state index < -0.39 is 13.1 Å².